The molecular weight excluding hydrogens is 338 g/mol. The number of hydrogen-bond acceptors (Lipinski definition) is 4. The summed E-state index contributed by atoms with van der Waals surface area (Å²) >= 11 is 3.43. The summed E-state index contributed by atoms with van der Waals surface area (Å²) in [5, 5.41) is 11.1. The molecule has 0 radical (unpaired) electrons. The molecule has 110 valence electrons. The summed E-state index contributed by atoms with van der Waals surface area (Å²) in [4.78, 5) is 10.7. The monoisotopic (exact) mass is 351 g/mol. The number of hydrogen-bond donors (Lipinski definition) is 0. The summed E-state index contributed by atoms with van der Waals surface area (Å²) in [6, 6.07) is 10.5. The van der Waals surface area contributed by atoms with Crippen LogP contribution in [0.15, 0.2) is 40.9 Å². The van der Waals surface area contributed by atoms with Crippen molar-refractivity contribution in [3.05, 3.63) is 62.1 Å². The maximum absolute atomic E-state index is 11.1. The molecule has 0 aliphatic heterocycles. The molecule has 6 heteroatoms. The first-order chi connectivity index (χ1) is 10.0. The van der Waals surface area contributed by atoms with E-state index in [1.165, 1.54) is 0 Å². The lowest BCUT2D eigenvalue weighted by molar-refractivity contribution is -0.386. The Morgan fingerprint density at radius 3 is 2.71 bits per heavy atom. The second-order valence-corrected chi connectivity index (χ2v) is 5.28. The molecule has 0 fully saturated rings. The lowest BCUT2D eigenvalue weighted by Gasteiger charge is -2.10. The zero-order chi connectivity index (χ0) is 15.4. The molecular formula is C15H14BrNO4. The minimum Gasteiger partial charge on any atom is -0.497 e. The highest BCUT2D eigenvalue weighted by Gasteiger charge is 2.18. The van der Waals surface area contributed by atoms with Crippen molar-refractivity contribution in [1.82, 2.24) is 0 Å². The number of para-hydroxylation sites is 1. The third-order valence-corrected chi connectivity index (χ3v) is 3.79. The minimum absolute atomic E-state index is 0.00322. The normalized spacial score (nSPS) is 10.2. The summed E-state index contributed by atoms with van der Waals surface area (Å²) in [5.74, 6) is 0.963. The third-order valence-electron chi connectivity index (χ3n) is 3.02. The van der Waals surface area contributed by atoms with Crippen LogP contribution in [0.1, 0.15) is 11.1 Å². The number of ether oxygens (including phenoxy) is 2. The Kier molecular flexibility index (Phi) is 4.80. The molecule has 0 amide bonds. The lowest BCUT2D eigenvalue weighted by Crippen LogP contribution is -2.01. The SMILES string of the molecule is COc1ccc(Br)c(COc2cccc(C)c2[N+](=O)[O-])c1. The van der Waals surface area contributed by atoms with Gasteiger partial charge in [0.1, 0.15) is 12.4 Å². The summed E-state index contributed by atoms with van der Waals surface area (Å²) in [6.07, 6.45) is 0. The van der Waals surface area contributed by atoms with Gasteiger partial charge < -0.3 is 9.47 Å². The van der Waals surface area contributed by atoms with Crippen LogP contribution < -0.4 is 9.47 Å². The van der Waals surface area contributed by atoms with Gasteiger partial charge in [0.15, 0.2) is 5.75 Å². The van der Waals surface area contributed by atoms with Gasteiger partial charge >= 0.3 is 5.69 Å². The summed E-state index contributed by atoms with van der Waals surface area (Å²) < 4.78 is 11.6. The van der Waals surface area contributed by atoms with Crippen molar-refractivity contribution in [1.29, 1.82) is 0 Å². The number of methoxy groups -OCH3 is 1. The lowest BCUT2D eigenvalue weighted by atomic mass is 10.2. The number of aryl methyl sites for hydroxylation is 1. The van der Waals surface area contributed by atoms with Crippen molar-refractivity contribution in [2.75, 3.05) is 7.11 Å². The van der Waals surface area contributed by atoms with E-state index in [1.807, 2.05) is 18.2 Å². The Morgan fingerprint density at radius 1 is 1.29 bits per heavy atom. The van der Waals surface area contributed by atoms with Crippen molar-refractivity contribution >= 4 is 21.6 Å². The number of benzene rings is 2. The predicted molar refractivity (Wildman–Crippen MR) is 82.9 cm³/mol. The van der Waals surface area contributed by atoms with Crippen molar-refractivity contribution in [3.63, 3.8) is 0 Å². The molecule has 0 saturated carbocycles. The molecule has 2 aromatic carbocycles. The average Bonchev–Trinajstić information content (AvgIpc) is 2.46. The first-order valence-corrected chi connectivity index (χ1v) is 7.01. The van der Waals surface area contributed by atoms with Gasteiger partial charge in [-0.3, -0.25) is 10.1 Å². The highest BCUT2D eigenvalue weighted by Crippen LogP contribution is 2.31. The number of nitro groups is 1. The molecule has 0 aromatic heterocycles. The topological polar surface area (TPSA) is 61.6 Å². The number of nitro benzene ring substituents is 1. The van der Waals surface area contributed by atoms with Crippen LogP contribution in [-0.2, 0) is 6.61 Å². The molecule has 0 heterocycles. The number of halogens is 1. The van der Waals surface area contributed by atoms with Gasteiger partial charge in [-0.2, -0.15) is 0 Å². The smallest absolute Gasteiger partial charge is 0.313 e. The summed E-state index contributed by atoms with van der Waals surface area (Å²) in [7, 11) is 1.58. The van der Waals surface area contributed by atoms with E-state index < -0.39 is 4.92 Å². The van der Waals surface area contributed by atoms with Crippen molar-refractivity contribution in [2.45, 2.75) is 13.5 Å². The van der Waals surface area contributed by atoms with Crippen LogP contribution >= 0.6 is 15.9 Å². The van der Waals surface area contributed by atoms with Crippen LogP contribution in [-0.4, -0.2) is 12.0 Å². The van der Waals surface area contributed by atoms with Gasteiger partial charge in [-0.25, -0.2) is 0 Å². The molecule has 0 aliphatic rings. The van der Waals surface area contributed by atoms with E-state index in [-0.39, 0.29) is 18.0 Å². The molecule has 0 N–H and O–H groups in total. The zero-order valence-electron chi connectivity index (χ0n) is 11.6. The van der Waals surface area contributed by atoms with E-state index in [4.69, 9.17) is 9.47 Å². The average molecular weight is 352 g/mol. The molecule has 0 unspecified atom stereocenters. The molecule has 0 aliphatic carbocycles. The Labute approximate surface area is 130 Å². The Bertz CT molecular complexity index is 673. The van der Waals surface area contributed by atoms with Crippen LogP contribution in [0.3, 0.4) is 0 Å². The molecule has 0 bridgehead atoms. The molecule has 21 heavy (non-hydrogen) atoms. The van der Waals surface area contributed by atoms with Crippen LogP contribution in [0.25, 0.3) is 0 Å². The van der Waals surface area contributed by atoms with Gasteiger partial charge in [-0.15, -0.1) is 0 Å². The molecule has 2 rings (SSSR count). The first-order valence-electron chi connectivity index (χ1n) is 6.22. The number of nitrogens with zero attached hydrogens (tertiary/aromatic N) is 1. The summed E-state index contributed by atoms with van der Waals surface area (Å²) in [5.41, 5.74) is 1.42. The molecule has 2 aromatic rings. The summed E-state index contributed by atoms with van der Waals surface area (Å²) in [6.45, 7) is 1.90. The molecule has 0 spiro atoms. The van der Waals surface area contributed by atoms with E-state index in [9.17, 15) is 10.1 Å². The van der Waals surface area contributed by atoms with E-state index in [2.05, 4.69) is 15.9 Å². The van der Waals surface area contributed by atoms with E-state index in [0.29, 0.717) is 11.3 Å². The van der Waals surface area contributed by atoms with Crippen LogP contribution in [0.2, 0.25) is 0 Å². The van der Waals surface area contributed by atoms with Crippen LogP contribution in [0.5, 0.6) is 11.5 Å². The van der Waals surface area contributed by atoms with Crippen molar-refractivity contribution < 1.29 is 14.4 Å². The molecule has 5 nitrogen and oxygen atoms in total. The fraction of sp³-hybridized carbons (Fsp3) is 0.200. The third kappa shape index (κ3) is 3.52. The maximum atomic E-state index is 11.1. The fourth-order valence-corrected chi connectivity index (χ4v) is 2.29. The van der Waals surface area contributed by atoms with Crippen LogP contribution in [0, 0.1) is 17.0 Å². The Balaban J connectivity index is 2.25. The van der Waals surface area contributed by atoms with Gasteiger partial charge in [0.05, 0.1) is 12.0 Å². The number of rotatable bonds is 5. The van der Waals surface area contributed by atoms with Crippen LogP contribution in [0.4, 0.5) is 5.69 Å². The van der Waals surface area contributed by atoms with E-state index in [1.54, 1.807) is 32.2 Å². The minimum atomic E-state index is -0.425. The molecule has 0 atom stereocenters. The zero-order valence-corrected chi connectivity index (χ0v) is 13.2. The maximum Gasteiger partial charge on any atom is 0.313 e. The highest BCUT2D eigenvalue weighted by atomic mass is 79.9. The van der Waals surface area contributed by atoms with Gasteiger partial charge in [-0.1, -0.05) is 28.1 Å². The van der Waals surface area contributed by atoms with Crippen molar-refractivity contribution in [2.24, 2.45) is 0 Å². The van der Waals surface area contributed by atoms with Gasteiger partial charge in [0.2, 0.25) is 0 Å². The van der Waals surface area contributed by atoms with Crippen molar-refractivity contribution in [3.8, 4) is 11.5 Å². The second-order valence-electron chi connectivity index (χ2n) is 4.42. The van der Waals surface area contributed by atoms with Gasteiger partial charge in [0.25, 0.3) is 0 Å². The Morgan fingerprint density at radius 2 is 2.05 bits per heavy atom. The molecule has 0 saturated heterocycles. The van der Waals surface area contributed by atoms with E-state index in [0.717, 1.165) is 10.0 Å². The van der Waals surface area contributed by atoms with E-state index >= 15 is 0 Å². The standard InChI is InChI=1S/C15H14BrNO4/c1-10-4-3-5-14(15(10)17(18)19)21-9-11-8-12(20-2)6-7-13(11)16/h3-8H,9H2,1-2H3. The Hall–Kier alpha value is -2.08. The fourth-order valence-electron chi connectivity index (χ4n) is 1.93. The quantitative estimate of drug-likeness (QED) is 0.596. The van der Waals surface area contributed by atoms with Gasteiger partial charge in [-0.05, 0) is 31.2 Å². The predicted octanol–water partition coefficient (Wildman–Crippen LogP) is 4.25. The van der Waals surface area contributed by atoms with Gasteiger partial charge in [0, 0.05) is 15.6 Å². The largest absolute Gasteiger partial charge is 0.497 e. The highest BCUT2D eigenvalue weighted by molar-refractivity contribution is 9.10. The first kappa shape index (κ1) is 15.3. The second kappa shape index (κ2) is 6.58.